The van der Waals surface area contributed by atoms with Crippen LogP contribution in [0, 0.1) is 0 Å². The first kappa shape index (κ1) is 17.5. The first-order valence-electron chi connectivity index (χ1n) is 7.21. The van der Waals surface area contributed by atoms with Crippen LogP contribution in [0.4, 0.5) is 4.79 Å². The van der Waals surface area contributed by atoms with Gasteiger partial charge in [-0.2, -0.15) is 0 Å². The molecule has 2 amide bonds. The molecule has 1 aromatic heterocycles. The van der Waals surface area contributed by atoms with Gasteiger partial charge in [0.05, 0.1) is 6.54 Å². The Hall–Kier alpha value is -1.56. The first-order valence-corrected chi connectivity index (χ1v) is 8.09. The summed E-state index contributed by atoms with van der Waals surface area (Å²) in [6, 6.07) is 3.98. The molecule has 118 valence electrons. The minimum atomic E-state index is -0.796. The van der Waals surface area contributed by atoms with Gasteiger partial charge in [0.2, 0.25) is 0 Å². The number of hydrogen-bond donors (Lipinski definition) is 2. The van der Waals surface area contributed by atoms with Crippen molar-refractivity contribution in [3.8, 4) is 0 Å². The summed E-state index contributed by atoms with van der Waals surface area (Å²) >= 11 is 1.64. The lowest BCUT2D eigenvalue weighted by Crippen LogP contribution is -2.46. The number of hydrogen-bond acceptors (Lipinski definition) is 3. The number of aliphatic carboxylic acids is 1. The summed E-state index contributed by atoms with van der Waals surface area (Å²) in [5, 5.41) is 13.6. The molecule has 0 aromatic carbocycles. The molecule has 0 saturated heterocycles. The normalized spacial score (nSPS) is 12.2. The van der Waals surface area contributed by atoms with Gasteiger partial charge in [0.1, 0.15) is 0 Å². The molecule has 1 atom stereocenters. The number of nitrogens with one attached hydrogen (secondary N) is 1. The second kappa shape index (κ2) is 8.67. The van der Waals surface area contributed by atoms with Crippen LogP contribution < -0.4 is 5.32 Å². The number of rotatable bonds is 8. The highest BCUT2D eigenvalue weighted by atomic mass is 32.1. The molecule has 1 rings (SSSR count). The summed E-state index contributed by atoms with van der Waals surface area (Å²) in [5.41, 5.74) is 0. The smallest absolute Gasteiger partial charge is 0.318 e. The van der Waals surface area contributed by atoms with Crippen molar-refractivity contribution >= 4 is 23.3 Å². The Morgan fingerprint density at radius 1 is 1.38 bits per heavy atom. The largest absolute Gasteiger partial charge is 0.481 e. The Balaban J connectivity index is 2.47. The summed E-state index contributed by atoms with van der Waals surface area (Å²) in [4.78, 5) is 25.7. The van der Waals surface area contributed by atoms with Gasteiger partial charge in [-0.1, -0.05) is 6.07 Å². The quantitative estimate of drug-likeness (QED) is 0.773. The Kier molecular flexibility index (Phi) is 7.22. The lowest BCUT2D eigenvalue weighted by Gasteiger charge is -2.28. The van der Waals surface area contributed by atoms with E-state index in [1.54, 1.807) is 16.2 Å². The third kappa shape index (κ3) is 6.62. The maximum absolute atomic E-state index is 12.3. The third-order valence-corrected chi connectivity index (χ3v) is 4.05. The molecule has 0 saturated carbocycles. The van der Waals surface area contributed by atoms with Crippen LogP contribution in [0.1, 0.15) is 44.9 Å². The second-order valence-electron chi connectivity index (χ2n) is 5.44. The highest BCUT2D eigenvalue weighted by molar-refractivity contribution is 7.09. The Morgan fingerprint density at radius 3 is 2.62 bits per heavy atom. The second-order valence-corrected chi connectivity index (χ2v) is 6.47. The van der Waals surface area contributed by atoms with Crippen LogP contribution in [0.15, 0.2) is 17.5 Å². The summed E-state index contributed by atoms with van der Waals surface area (Å²) in [5.74, 6) is -0.796. The number of urea groups is 1. The SMILES string of the molecule is CC(CCCC(=O)O)NC(=O)N(Cc1cccs1)C(C)C. The van der Waals surface area contributed by atoms with E-state index < -0.39 is 5.97 Å². The number of carboxylic acid groups (broad SMARTS) is 1. The van der Waals surface area contributed by atoms with E-state index in [9.17, 15) is 9.59 Å². The standard InChI is InChI=1S/C15H24N2O3S/c1-11(2)17(10-13-7-5-9-21-13)15(20)16-12(3)6-4-8-14(18)19/h5,7,9,11-12H,4,6,8,10H2,1-3H3,(H,16,20)(H,18,19). The first-order chi connectivity index (χ1) is 9.90. The van der Waals surface area contributed by atoms with E-state index in [0.29, 0.717) is 19.4 Å². The minimum absolute atomic E-state index is 0.0264. The molecule has 5 nitrogen and oxygen atoms in total. The molecule has 1 unspecified atom stereocenters. The van der Waals surface area contributed by atoms with Crippen molar-refractivity contribution in [2.45, 2.75) is 58.7 Å². The van der Waals surface area contributed by atoms with Crippen molar-refractivity contribution in [1.82, 2.24) is 10.2 Å². The van der Waals surface area contributed by atoms with Crippen molar-refractivity contribution in [2.75, 3.05) is 0 Å². The van der Waals surface area contributed by atoms with Crippen molar-refractivity contribution < 1.29 is 14.7 Å². The van der Waals surface area contributed by atoms with Crippen LogP contribution in [0.2, 0.25) is 0 Å². The summed E-state index contributed by atoms with van der Waals surface area (Å²) in [6.45, 7) is 6.48. The number of nitrogens with zero attached hydrogens (tertiary/aromatic N) is 1. The third-order valence-electron chi connectivity index (χ3n) is 3.19. The molecule has 6 heteroatoms. The van der Waals surface area contributed by atoms with Gasteiger partial charge in [-0.15, -0.1) is 11.3 Å². The van der Waals surface area contributed by atoms with Crippen LogP contribution in [0.5, 0.6) is 0 Å². The van der Waals surface area contributed by atoms with Crippen LogP contribution >= 0.6 is 11.3 Å². The fraction of sp³-hybridized carbons (Fsp3) is 0.600. The lowest BCUT2D eigenvalue weighted by atomic mass is 10.1. The number of amides is 2. The molecule has 0 aliphatic rings. The van der Waals surface area contributed by atoms with Crippen LogP contribution in [-0.4, -0.2) is 34.1 Å². The van der Waals surface area contributed by atoms with E-state index >= 15 is 0 Å². The van der Waals surface area contributed by atoms with Gasteiger partial charge in [0, 0.05) is 23.4 Å². The maximum atomic E-state index is 12.3. The van der Waals surface area contributed by atoms with Crippen molar-refractivity contribution in [1.29, 1.82) is 0 Å². The zero-order valence-electron chi connectivity index (χ0n) is 12.8. The zero-order chi connectivity index (χ0) is 15.8. The molecule has 0 aliphatic carbocycles. The monoisotopic (exact) mass is 312 g/mol. The molecule has 2 N–H and O–H groups in total. The van der Waals surface area contributed by atoms with E-state index in [1.165, 1.54) is 0 Å². The molecule has 0 aliphatic heterocycles. The lowest BCUT2D eigenvalue weighted by molar-refractivity contribution is -0.137. The van der Waals surface area contributed by atoms with Crippen molar-refractivity contribution in [2.24, 2.45) is 0 Å². The van der Waals surface area contributed by atoms with Gasteiger partial charge < -0.3 is 15.3 Å². The predicted molar refractivity (Wildman–Crippen MR) is 84.5 cm³/mol. The Bertz CT molecular complexity index is 446. The van der Waals surface area contributed by atoms with E-state index in [0.717, 1.165) is 4.88 Å². The van der Waals surface area contributed by atoms with Crippen molar-refractivity contribution in [3.63, 3.8) is 0 Å². The zero-order valence-corrected chi connectivity index (χ0v) is 13.7. The van der Waals surface area contributed by atoms with Gasteiger partial charge in [0.15, 0.2) is 0 Å². The molecule has 0 spiro atoms. The summed E-state index contributed by atoms with van der Waals surface area (Å²) < 4.78 is 0. The molecule has 1 aromatic rings. The van der Waals surface area contributed by atoms with Crippen LogP contribution in [0.3, 0.4) is 0 Å². The molecular formula is C15H24N2O3S. The Labute approximate surface area is 130 Å². The van der Waals surface area contributed by atoms with Gasteiger partial charge in [-0.05, 0) is 45.1 Å². The fourth-order valence-electron chi connectivity index (χ4n) is 1.98. The van der Waals surface area contributed by atoms with Crippen LogP contribution in [-0.2, 0) is 11.3 Å². The molecule has 0 fully saturated rings. The number of carbonyl (C=O) groups is 2. The van der Waals surface area contributed by atoms with E-state index in [2.05, 4.69) is 5.32 Å². The average molecular weight is 312 g/mol. The molecule has 0 bridgehead atoms. The van der Waals surface area contributed by atoms with Gasteiger partial charge in [-0.3, -0.25) is 4.79 Å². The van der Waals surface area contributed by atoms with E-state index in [-0.39, 0.29) is 24.5 Å². The highest BCUT2D eigenvalue weighted by Crippen LogP contribution is 2.14. The van der Waals surface area contributed by atoms with Gasteiger partial charge >= 0.3 is 12.0 Å². The predicted octanol–water partition coefficient (Wildman–Crippen LogP) is 3.31. The molecule has 0 radical (unpaired) electrons. The van der Waals surface area contributed by atoms with Gasteiger partial charge in [0.25, 0.3) is 0 Å². The highest BCUT2D eigenvalue weighted by Gasteiger charge is 2.19. The average Bonchev–Trinajstić information content (AvgIpc) is 2.87. The summed E-state index contributed by atoms with van der Waals surface area (Å²) in [7, 11) is 0. The summed E-state index contributed by atoms with van der Waals surface area (Å²) in [6.07, 6.45) is 1.38. The van der Waals surface area contributed by atoms with Gasteiger partial charge in [-0.25, -0.2) is 4.79 Å². The fourth-order valence-corrected chi connectivity index (χ4v) is 2.69. The molecular weight excluding hydrogens is 288 g/mol. The van der Waals surface area contributed by atoms with Crippen molar-refractivity contribution in [3.05, 3.63) is 22.4 Å². The maximum Gasteiger partial charge on any atom is 0.318 e. The number of carboxylic acids is 1. The van der Waals surface area contributed by atoms with E-state index in [4.69, 9.17) is 5.11 Å². The van der Waals surface area contributed by atoms with E-state index in [1.807, 2.05) is 38.3 Å². The van der Waals surface area contributed by atoms with Crippen LogP contribution in [0.25, 0.3) is 0 Å². The molecule has 21 heavy (non-hydrogen) atoms. The minimum Gasteiger partial charge on any atom is -0.481 e. The number of carbonyl (C=O) groups excluding carboxylic acids is 1. The molecule has 1 heterocycles. The Morgan fingerprint density at radius 2 is 2.10 bits per heavy atom. The number of thiophene rings is 1. The topological polar surface area (TPSA) is 69.6 Å².